The lowest BCUT2D eigenvalue weighted by Gasteiger charge is -2.04. The minimum absolute atomic E-state index is 0.236. The second-order valence-electron chi connectivity index (χ2n) is 6.35. The minimum Gasteiger partial charge on any atom is -0.199 e. The molecular formula is C22H27NO2S2. The number of thioether (sulfide) groups is 1. The van der Waals surface area contributed by atoms with Gasteiger partial charge in [0.05, 0.1) is 4.90 Å². The Morgan fingerprint density at radius 1 is 1.07 bits per heavy atom. The van der Waals surface area contributed by atoms with E-state index in [1.807, 2.05) is 37.3 Å². The van der Waals surface area contributed by atoms with E-state index < -0.39 is 10.0 Å². The van der Waals surface area contributed by atoms with Crippen LogP contribution in [0.15, 0.2) is 76.0 Å². The molecule has 0 atom stereocenters. The van der Waals surface area contributed by atoms with E-state index in [1.165, 1.54) is 17.3 Å². The molecule has 3 nitrogen and oxygen atoms in total. The van der Waals surface area contributed by atoms with E-state index in [9.17, 15) is 8.42 Å². The van der Waals surface area contributed by atoms with Crippen LogP contribution in [-0.4, -0.2) is 19.2 Å². The Kier molecular flexibility index (Phi) is 8.82. The van der Waals surface area contributed by atoms with E-state index in [2.05, 4.69) is 23.5 Å². The highest BCUT2D eigenvalue weighted by Gasteiger charge is 2.13. The number of unbranched alkanes of at least 4 members (excludes halogenated alkanes) is 1. The first-order valence-electron chi connectivity index (χ1n) is 9.26. The van der Waals surface area contributed by atoms with Gasteiger partial charge in [0.15, 0.2) is 0 Å². The van der Waals surface area contributed by atoms with Crippen LogP contribution in [0.2, 0.25) is 0 Å². The van der Waals surface area contributed by atoms with Crippen molar-refractivity contribution in [1.82, 2.24) is 0 Å². The van der Waals surface area contributed by atoms with Crippen molar-refractivity contribution in [3.63, 3.8) is 0 Å². The van der Waals surface area contributed by atoms with Crippen LogP contribution in [0.1, 0.15) is 37.3 Å². The van der Waals surface area contributed by atoms with Crippen molar-refractivity contribution in [3.05, 3.63) is 77.9 Å². The van der Waals surface area contributed by atoms with E-state index in [1.54, 1.807) is 24.3 Å². The van der Waals surface area contributed by atoms with Gasteiger partial charge >= 0.3 is 0 Å². The predicted molar refractivity (Wildman–Crippen MR) is 117 cm³/mol. The highest BCUT2D eigenvalue weighted by Crippen LogP contribution is 2.18. The zero-order chi connectivity index (χ0) is 19.5. The Bertz CT molecular complexity index is 855. The van der Waals surface area contributed by atoms with Gasteiger partial charge in [0, 0.05) is 0 Å². The average molecular weight is 402 g/mol. The molecule has 0 bridgehead atoms. The highest BCUT2D eigenvalue weighted by molar-refractivity contribution is 8.15. The van der Waals surface area contributed by atoms with Crippen LogP contribution in [0.25, 0.3) is 0 Å². The quantitative estimate of drug-likeness (QED) is 0.303. The van der Waals surface area contributed by atoms with E-state index in [0.717, 1.165) is 37.0 Å². The Morgan fingerprint density at radius 3 is 2.44 bits per heavy atom. The molecule has 2 aromatic carbocycles. The van der Waals surface area contributed by atoms with E-state index in [4.69, 9.17) is 0 Å². The lowest BCUT2D eigenvalue weighted by Crippen LogP contribution is -2.01. The fourth-order valence-electron chi connectivity index (χ4n) is 2.39. The van der Waals surface area contributed by atoms with Crippen LogP contribution in [0.4, 0.5) is 0 Å². The number of hydrogen-bond donors (Lipinski definition) is 0. The number of benzene rings is 2. The number of rotatable bonds is 9. The van der Waals surface area contributed by atoms with E-state index in [-0.39, 0.29) is 4.90 Å². The van der Waals surface area contributed by atoms with Gasteiger partial charge in [0.1, 0.15) is 5.04 Å². The number of hydrogen-bond acceptors (Lipinski definition) is 3. The van der Waals surface area contributed by atoms with Gasteiger partial charge in [-0.15, -0.1) is 11.8 Å². The third-order valence-corrected chi connectivity index (χ3v) is 6.42. The molecule has 27 heavy (non-hydrogen) atoms. The first-order valence-corrected chi connectivity index (χ1v) is 11.7. The number of allylic oxidation sites excluding steroid dienone is 1. The summed E-state index contributed by atoms with van der Waals surface area (Å²) >= 11 is 1.50. The summed E-state index contributed by atoms with van der Waals surface area (Å²) in [5.41, 5.74) is 2.29. The molecule has 0 aliphatic heterocycles. The normalized spacial score (nSPS) is 12.6. The number of nitrogens with zero attached hydrogens (tertiary/aromatic N) is 1. The predicted octanol–water partition coefficient (Wildman–Crippen LogP) is 5.80. The Hall–Kier alpha value is -1.85. The monoisotopic (exact) mass is 401 g/mol. The highest BCUT2D eigenvalue weighted by atomic mass is 32.2. The third-order valence-electron chi connectivity index (χ3n) is 3.98. The second kappa shape index (κ2) is 11.1. The van der Waals surface area contributed by atoms with Gasteiger partial charge in [-0.1, -0.05) is 67.4 Å². The molecule has 5 heteroatoms. The molecule has 0 unspecified atom stereocenters. The summed E-state index contributed by atoms with van der Waals surface area (Å²) in [7, 11) is -3.69. The molecule has 0 radical (unpaired) electrons. The molecule has 0 fully saturated rings. The molecular weight excluding hydrogens is 374 g/mol. The summed E-state index contributed by atoms with van der Waals surface area (Å²) in [6.45, 7) is 4.05. The molecule has 0 amide bonds. The summed E-state index contributed by atoms with van der Waals surface area (Å²) in [4.78, 5) is 0.236. The van der Waals surface area contributed by atoms with E-state index >= 15 is 0 Å². The van der Waals surface area contributed by atoms with Crippen LogP contribution >= 0.6 is 11.8 Å². The van der Waals surface area contributed by atoms with Gasteiger partial charge in [-0.25, -0.2) is 0 Å². The largest absolute Gasteiger partial charge is 0.283 e. The van der Waals surface area contributed by atoms with Crippen molar-refractivity contribution in [1.29, 1.82) is 0 Å². The minimum atomic E-state index is -3.69. The first-order chi connectivity index (χ1) is 13.0. The van der Waals surface area contributed by atoms with Gasteiger partial charge in [-0.2, -0.15) is 12.8 Å². The maximum Gasteiger partial charge on any atom is 0.283 e. The van der Waals surface area contributed by atoms with Gasteiger partial charge < -0.3 is 0 Å². The summed E-state index contributed by atoms with van der Waals surface area (Å²) in [6.07, 6.45) is 7.73. The van der Waals surface area contributed by atoms with Crippen molar-refractivity contribution in [2.45, 2.75) is 44.4 Å². The zero-order valence-electron chi connectivity index (χ0n) is 16.0. The maximum atomic E-state index is 12.6. The third kappa shape index (κ3) is 7.73. The van der Waals surface area contributed by atoms with Gasteiger partial charge in [-0.3, -0.25) is 0 Å². The topological polar surface area (TPSA) is 46.5 Å². The SMILES string of the molecule is CCCCSC(/C=C/CCc1ccccc1)=N\S(=O)(=O)c1ccc(C)cc1. The Labute approximate surface area is 167 Å². The van der Waals surface area contributed by atoms with Crippen molar-refractivity contribution >= 4 is 26.8 Å². The summed E-state index contributed by atoms with van der Waals surface area (Å²) < 4.78 is 29.3. The van der Waals surface area contributed by atoms with Gasteiger partial charge in [0.25, 0.3) is 10.0 Å². The summed E-state index contributed by atoms with van der Waals surface area (Å²) in [6, 6.07) is 17.1. The van der Waals surface area contributed by atoms with Gasteiger partial charge in [-0.05, 0) is 55.7 Å². The van der Waals surface area contributed by atoms with Crippen molar-refractivity contribution in [2.75, 3.05) is 5.75 Å². The second-order valence-corrected chi connectivity index (χ2v) is 9.07. The average Bonchev–Trinajstić information content (AvgIpc) is 2.66. The fourth-order valence-corrected chi connectivity index (χ4v) is 4.61. The fraction of sp³-hybridized carbons (Fsp3) is 0.318. The molecule has 2 rings (SSSR count). The molecule has 0 saturated carbocycles. The molecule has 0 spiro atoms. The lowest BCUT2D eigenvalue weighted by molar-refractivity contribution is 0.598. The van der Waals surface area contributed by atoms with Crippen LogP contribution in [0.5, 0.6) is 0 Å². The molecule has 0 aromatic heterocycles. The molecule has 0 N–H and O–H groups in total. The van der Waals surface area contributed by atoms with Crippen LogP contribution in [0, 0.1) is 6.92 Å². The smallest absolute Gasteiger partial charge is 0.199 e. The van der Waals surface area contributed by atoms with Crippen LogP contribution < -0.4 is 0 Å². The molecule has 144 valence electrons. The van der Waals surface area contributed by atoms with E-state index in [0.29, 0.717) is 5.04 Å². The van der Waals surface area contributed by atoms with Crippen LogP contribution in [0.3, 0.4) is 0 Å². The van der Waals surface area contributed by atoms with Crippen molar-refractivity contribution in [2.24, 2.45) is 4.40 Å². The molecule has 0 heterocycles. The zero-order valence-corrected chi connectivity index (χ0v) is 17.6. The van der Waals surface area contributed by atoms with Crippen molar-refractivity contribution < 1.29 is 8.42 Å². The Morgan fingerprint density at radius 2 is 1.78 bits per heavy atom. The first kappa shape index (κ1) is 21.5. The Balaban J connectivity index is 2.10. The van der Waals surface area contributed by atoms with Crippen molar-refractivity contribution in [3.8, 4) is 0 Å². The molecule has 0 aliphatic rings. The maximum absolute atomic E-state index is 12.6. The van der Waals surface area contributed by atoms with Crippen LogP contribution in [-0.2, 0) is 16.4 Å². The number of sulfonamides is 1. The molecule has 0 aliphatic carbocycles. The summed E-state index contributed by atoms with van der Waals surface area (Å²) in [5, 5.41) is 0.553. The standard InChI is InChI=1S/C22H27NO2S2/c1-3-4-18-26-22(13-9-8-12-20-10-6-5-7-11-20)23-27(24,25)21-16-14-19(2)15-17-21/h5-7,9-11,13-17H,3-4,8,12,18H2,1-2H3/b13-9+,23-22-. The summed E-state index contributed by atoms with van der Waals surface area (Å²) in [5.74, 6) is 0.863. The molecule has 2 aromatic rings. The molecule has 0 saturated heterocycles. The lowest BCUT2D eigenvalue weighted by atomic mass is 10.1. The van der Waals surface area contributed by atoms with Gasteiger partial charge in [0.2, 0.25) is 0 Å². The number of aryl methyl sites for hydroxylation is 2.